The minimum atomic E-state index is -0.590. The lowest BCUT2D eigenvalue weighted by Crippen LogP contribution is -2.32. The number of aromatic nitrogens is 4. The summed E-state index contributed by atoms with van der Waals surface area (Å²) in [7, 11) is 0. The van der Waals surface area contributed by atoms with E-state index in [2.05, 4.69) is 27.3 Å². The molecule has 0 fully saturated rings. The van der Waals surface area contributed by atoms with Gasteiger partial charge in [-0.25, -0.2) is 4.39 Å². The molecule has 0 aliphatic heterocycles. The maximum absolute atomic E-state index is 13.2. The summed E-state index contributed by atoms with van der Waals surface area (Å²) in [5, 5.41) is 14.6. The average molecular weight is 289 g/mol. The van der Waals surface area contributed by atoms with Crippen molar-refractivity contribution in [1.82, 2.24) is 25.5 Å². The van der Waals surface area contributed by atoms with Crippen molar-refractivity contribution >= 4 is 5.91 Å². The van der Waals surface area contributed by atoms with Gasteiger partial charge in [-0.15, -0.1) is 16.8 Å². The maximum Gasteiger partial charge on any atom is 0.246 e. The molecule has 0 bridgehead atoms. The van der Waals surface area contributed by atoms with E-state index in [-0.39, 0.29) is 11.7 Å². The normalized spacial score (nSPS) is 12.0. The summed E-state index contributed by atoms with van der Waals surface area (Å²) >= 11 is 0. The maximum atomic E-state index is 13.2. The topological polar surface area (TPSA) is 72.7 Å². The smallest absolute Gasteiger partial charge is 0.246 e. The molecule has 2 rings (SSSR count). The number of hydrogen-bond acceptors (Lipinski definition) is 4. The Hall–Kier alpha value is -2.57. The lowest BCUT2D eigenvalue weighted by molar-refractivity contribution is -0.124. The van der Waals surface area contributed by atoms with E-state index in [0.29, 0.717) is 23.5 Å². The summed E-state index contributed by atoms with van der Waals surface area (Å²) in [6, 6.07) is 3.98. The minimum absolute atomic E-state index is 0.228. The molecule has 0 radical (unpaired) electrons. The van der Waals surface area contributed by atoms with Crippen LogP contribution in [0.2, 0.25) is 0 Å². The fraction of sp³-hybridized carbons (Fsp3) is 0.286. The molecule has 2 aromatic rings. The molecular formula is C14H16FN5O. The number of nitrogens with one attached hydrogen (secondary N) is 1. The highest BCUT2D eigenvalue weighted by molar-refractivity contribution is 5.79. The molecule has 1 aromatic heterocycles. The molecule has 0 unspecified atom stereocenters. The second kappa shape index (κ2) is 6.25. The first-order chi connectivity index (χ1) is 10.0. The van der Waals surface area contributed by atoms with E-state index in [1.807, 2.05) is 0 Å². The summed E-state index contributed by atoms with van der Waals surface area (Å²) in [5.74, 6) is -0.168. The van der Waals surface area contributed by atoms with Gasteiger partial charge in [0.2, 0.25) is 11.7 Å². The van der Waals surface area contributed by atoms with Crippen LogP contribution >= 0.6 is 0 Å². The molecular weight excluding hydrogens is 273 g/mol. The Morgan fingerprint density at radius 1 is 1.57 bits per heavy atom. The Morgan fingerprint density at radius 2 is 2.33 bits per heavy atom. The van der Waals surface area contributed by atoms with E-state index in [0.717, 1.165) is 0 Å². The summed E-state index contributed by atoms with van der Waals surface area (Å²) in [6.45, 7) is 7.23. The first kappa shape index (κ1) is 14.8. The Labute approximate surface area is 121 Å². The highest BCUT2D eigenvalue weighted by Gasteiger charge is 2.18. The predicted molar refractivity (Wildman–Crippen MR) is 75.9 cm³/mol. The number of halogens is 1. The quantitative estimate of drug-likeness (QED) is 0.849. The molecule has 6 nitrogen and oxygen atoms in total. The van der Waals surface area contributed by atoms with Gasteiger partial charge in [0.05, 0.1) is 0 Å². The number of amides is 1. The van der Waals surface area contributed by atoms with Gasteiger partial charge in [-0.05, 0) is 42.8 Å². The summed E-state index contributed by atoms with van der Waals surface area (Å²) in [4.78, 5) is 13.0. The first-order valence-corrected chi connectivity index (χ1v) is 6.47. The van der Waals surface area contributed by atoms with Crippen molar-refractivity contribution in [3.8, 4) is 11.4 Å². The van der Waals surface area contributed by atoms with Gasteiger partial charge in [-0.3, -0.25) is 4.79 Å². The van der Waals surface area contributed by atoms with Crippen molar-refractivity contribution in [1.29, 1.82) is 0 Å². The molecule has 1 heterocycles. The Balaban J connectivity index is 2.19. The lowest BCUT2D eigenvalue weighted by atomic mass is 10.1. The van der Waals surface area contributed by atoms with Crippen molar-refractivity contribution in [2.24, 2.45) is 0 Å². The Morgan fingerprint density at radius 3 is 3.00 bits per heavy atom. The third-order valence-corrected chi connectivity index (χ3v) is 2.99. The van der Waals surface area contributed by atoms with Crippen molar-refractivity contribution in [3.05, 3.63) is 42.2 Å². The zero-order chi connectivity index (χ0) is 15.4. The molecule has 110 valence electrons. The number of aryl methyl sites for hydroxylation is 1. The van der Waals surface area contributed by atoms with E-state index in [4.69, 9.17) is 0 Å². The second-order valence-corrected chi connectivity index (χ2v) is 4.61. The first-order valence-electron chi connectivity index (χ1n) is 6.47. The van der Waals surface area contributed by atoms with Gasteiger partial charge in [0, 0.05) is 12.1 Å². The third-order valence-electron chi connectivity index (χ3n) is 2.99. The van der Waals surface area contributed by atoms with E-state index in [9.17, 15) is 9.18 Å². The SMILES string of the molecule is C=CCNC(=O)[C@H](C)n1nnc(-c2ccc(F)c(C)c2)n1. The van der Waals surface area contributed by atoms with Crippen LogP contribution in [0.4, 0.5) is 4.39 Å². The predicted octanol–water partition coefficient (Wildman–Crippen LogP) is 1.65. The Bertz CT molecular complexity index is 667. The van der Waals surface area contributed by atoms with E-state index in [1.54, 1.807) is 32.1 Å². The van der Waals surface area contributed by atoms with E-state index in [1.165, 1.54) is 10.9 Å². The van der Waals surface area contributed by atoms with Crippen LogP contribution in [-0.2, 0) is 4.79 Å². The number of rotatable bonds is 5. The standard InChI is InChI=1S/C14H16FN5O/c1-4-7-16-14(21)10(3)20-18-13(17-19-20)11-5-6-12(15)9(2)8-11/h4-6,8,10H,1,7H2,2-3H3,(H,16,21)/t10-/m0/s1. The third kappa shape index (κ3) is 3.31. The van der Waals surface area contributed by atoms with Gasteiger partial charge in [0.1, 0.15) is 11.9 Å². The molecule has 1 aromatic carbocycles. The van der Waals surface area contributed by atoms with Crippen LogP contribution in [0.25, 0.3) is 11.4 Å². The van der Waals surface area contributed by atoms with Gasteiger partial charge < -0.3 is 5.32 Å². The van der Waals surface area contributed by atoms with Crippen LogP contribution < -0.4 is 5.32 Å². The fourth-order valence-corrected chi connectivity index (χ4v) is 1.71. The molecule has 0 aliphatic carbocycles. The van der Waals surface area contributed by atoms with Gasteiger partial charge in [0.15, 0.2) is 0 Å². The van der Waals surface area contributed by atoms with E-state index < -0.39 is 6.04 Å². The largest absolute Gasteiger partial charge is 0.351 e. The molecule has 1 atom stereocenters. The molecule has 0 aliphatic rings. The van der Waals surface area contributed by atoms with Crippen molar-refractivity contribution in [2.75, 3.05) is 6.54 Å². The van der Waals surface area contributed by atoms with E-state index >= 15 is 0 Å². The summed E-state index contributed by atoms with van der Waals surface area (Å²) < 4.78 is 13.2. The number of tetrazole rings is 1. The van der Waals surface area contributed by atoms with Crippen LogP contribution in [0.15, 0.2) is 30.9 Å². The molecule has 7 heteroatoms. The van der Waals surface area contributed by atoms with Crippen molar-refractivity contribution in [3.63, 3.8) is 0 Å². The molecule has 0 spiro atoms. The lowest BCUT2D eigenvalue weighted by Gasteiger charge is -2.08. The highest BCUT2D eigenvalue weighted by atomic mass is 19.1. The summed E-state index contributed by atoms with van der Waals surface area (Å²) in [6.07, 6.45) is 1.59. The van der Waals surface area contributed by atoms with Crippen LogP contribution in [0, 0.1) is 12.7 Å². The molecule has 1 amide bonds. The van der Waals surface area contributed by atoms with Gasteiger partial charge in [0.25, 0.3) is 0 Å². The van der Waals surface area contributed by atoms with Crippen molar-refractivity contribution in [2.45, 2.75) is 19.9 Å². The fourth-order valence-electron chi connectivity index (χ4n) is 1.71. The van der Waals surface area contributed by atoms with Crippen LogP contribution in [0.5, 0.6) is 0 Å². The van der Waals surface area contributed by atoms with Gasteiger partial charge >= 0.3 is 0 Å². The number of carbonyl (C=O) groups is 1. The monoisotopic (exact) mass is 289 g/mol. The van der Waals surface area contributed by atoms with Gasteiger partial charge in [-0.1, -0.05) is 6.08 Å². The number of carbonyl (C=O) groups excluding carboxylic acids is 1. The second-order valence-electron chi connectivity index (χ2n) is 4.61. The number of hydrogen-bond donors (Lipinski definition) is 1. The minimum Gasteiger partial charge on any atom is -0.351 e. The molecule has 0 saturated heterocycles. The zero-order valence-corrected chi connectivity index (χ0v) is 11.9. The van der Waals surface area contributed by atoms with Crippen molar-refractivity contribution < 1.29 is 9.18 Å². The summed E-state index contributed by atoms with van der Waals surface area (Å²) in [5.41, 5.74) is 1.15. The van der Waals surface area contributed by atoms with Crippen LogP contribution in [-0.4, -0.2) is 32.7 Å². The van der Waals surface area contributed by atoms with Gasteiger partial charge in [-0.2, -0.15) is 4.80 Å². The Kier molecular flexibility index (Phi) is 4.42. The van der Waals surface area contributed by atoms with Crippen LogP contribution in [0.3, 0.4) is 0 Å². The number of nitrogens with zero attached hydrogens (tertiary/aromatic N) is 4. The molecule has 0 saturated carbocycles. The highest BCUT2D eigenvalue weighted by Crippen LogP contribution is 2.18. The molecule has 21 heavy (non-hydrogen) atoms. The number of benzene rings is 1. The van der Waals surface area contributed by atoms with Crippen LogP contribution in [0.1, 0.15) is 18.5 Å². The molecule has 1 N–H and O–H groups in total. The zero-order valence-electron chi connectivity index (χ0n) is 11.9. The average Bonchev–Trinajstić information content (AvgIpc) is 2.96.